The van der Waals surface area contributed by atoms with Crippen LogP contribution >= 0.6 is 0 Å². The van der Waals surface area contributed by atoms with Gasteiger partial charge in [-0.3, -0.25) is 19.8 Å². The summed E-state index contributed by atoms with van der Waals surface area (Å²) in [5, 5.41) is 16.5. The zero-order valence-electron chi connectivity index (χ0n) is 18.9. The van der Waals surface area contributed by atoms with Crippen molar-refractivity contribution in [2.75, 3.05) is 13.1 Å². The third-order valence-corrected chi connectivity index (χ3v) is 6.35. The number of amides is 3. The second kappa shape index (κ2) is 10.1. The summed E-state index contributed by atoms with van der Waals surface area (Å²) in [4.78, 5) is 40.8. The van der Waals surface area contributed by atoms with Gasteiger partial charge in [0.15, 0.2) is 6.19 Å². The van der Waals surface area contributed by atoms with Crippen LogP contribution in [0.3, 0.4) is 0 Å². The lowest BCUT2D eigenvalue weighted by Crippen LogP contribution is -2.46. The number of hydrogen-bond donors (Lipinski definition) is 4. The van der Waals surface area contributed by atoms with E-state index in [1.54, 1.807) is 6.07 Å². The third kappa shape index (κ3) is 5.95. The molecule has 184 valence electrons. The van der Waals surface area contributed by atoms with Gasteiger partial charge in [0.2, 0.25) is 11.8 Å². The van der Waals surface area contributed by atoms with Crippen LogP contribution in [-0.2, 0) is 9.59 Å². The van der Waals surface area contributed by atoms with Crippen LogP contribution in [0.15, 0.2) is 42.1 Å². The second-order valence-corrected chi connectivity index (χ2v) is 8.93. The number of nitrogens with zero attached hydrogens (tertiary/aromatic N) is 2. The molecule has 2 aromatic rings. The van der Waals surface area contributed by atoms with Crippen LogP contribution < -0.4 is 16.1 Å². The number of carbonyl (C=O) groups excluding carboxylic acids is 3. The van der Waals surface area contributed by atoms with E-state index in [4.69, 9.17) is 0 Å². The lowest BCUT2D eigenvalue weighted by Gasteiger charge is -2.27. The van der Waals surface area contributed by atoms with Gasteiger partial charge in [-0.2, -0.15) is 5.26 Å². The number of H-pyrrole nitrogens is 1. The van der Waals surface area contributed by atoms with E-state index in [1.807, 2.05) is 30.5 Å². The minimum Gasteiger partial charge on any atom is -0.356 e. The Hall–Kier alpha value is -3.94. The molecule has 9 nitrogen and oxygen atoms in total. The van der Waals surface area contributed by atoms with Crippen LogP contribution in [0.5, 0.6) is 0 Å². The molecule has 1 aliphatic carbocycles. The number of nitriles is 1. The number of nitrogens with one attached hydrogen (secondary N) is 4. The number of hydrogen-bond acceptors (Lipinski definition) is 5. The summed E-state index contributed by atoms with van der Waals surface area (Å²) in [6.07, 6.45) is 3.55. The van der Waals surface area contributed by atoms with Crippen molar-refractivity contribution in [3.63, 3.8) is 0 Å². The average molecular weight is 485 g/mol. The van der Waals surface area contributed by atoms with Gasteiger partial charge in [0.1, 0.15) is 11.4 Å². The van der Waals surface area contributed by atoms with Crippen molar-refractivity contribution in [2.45, 2.75) is 38.0 Å². The second-order valence-electron chi connectivity index (χ2n) is 8.93. The number of carbonyl (C=O) groups is 3. The lowest BCUT2D eigenvalue weighted by molar-refractivity contribution is -0.125. The van der Waals surface area contributed by atoms with E-state index in [0.29, 0.717) is 13.0 Å². The summed E-state index contributed by atoms with van der Waals surface area (Å²) >= 11 is 0. The molecule has 1 aromatic heterocycles. The third-order valence-electron chi connectivity index (χ3n) is 6.35. The van der Waals surface area contributed by atoms with Crippen LogP contribution in [0.25, 0.3) is 10.9 Å². The highest BCUT2D eigenvalue weighted by Gasteiger charge is 2.35. The first-order valence-corrected chi connectivity index (χ1v) is 11.5. The standard InChI is InChI=1S/C24H26F2N6O3/c25-24(26)8-5-15(6-9-24)11-19(23(35)31-32(14-27)13-17-7-10-28-21(17)33)30-22(34)20-12-16-3-1-2-4-18(16)29-20/h1-4,11-12,15,17,29H,5-10,13H2,(H,28,33)(H,30,34)(H,31,35)/b19-11+. The van der Waals surface area contributed by atoms with Crippen LogP contribution in [0.2, 0.25) is 0 Å². The number of fused-ring (bicyclic) bond motifs is 1. The molecule has 4 rings (SSSR count). The van der Waals surface area contributed by atoms with Crippen molar-refractivity contribution in [2.24, 2.45) is 11.8 Å². The smallest absolute Gasteiger partial charge is 0.286 e. The largest absolute Gasteiger partial charge is 0.356 e. The Kier molecular flexibility index (Phi) is 7.00. The molecular formula is C24H26F2N6O3. The van der Waals surface area contributed by atoms with Gasteiger partial charge in [-0.15, -0.1) is 0 Å². The Morgan fingerprint density at radius 3 is 2.63 bits per heavy atom. The number of benzene rings is 1. The molecule has 1 atom stereocenters. The molecule has 35 heavy (non-hydrogen) atoms. The molecule has 11 heteroatoms. The minimum atomic E-state index is -2.74. The molecule has 1 aromatic carbocycles. The molecular weight excluding hydrogens is 458 g/mol. The van der Waals surface area contributed by atoms with Crippen LogP contribution in [0.4, 0.5) is 8.78 Å². The molecule has 2 fully saturated rings. The SMILES string of the molecule is N#CN(CC1CCNC1=O)NC(=O)/C(=C\C1CCC(F)(F)CC1)NC(=O)c1cc2ccccc2[nH]1. The van der Waals surface area contributed by atoms with Gasteiger partial charge in [-0.1, -0.05) is 24.3 Å². The summed E-state index contributed by atoms with van der Waals surface area (Å²) in [6.45, 7) is 0.474. The van der Waals surface area contributed by atoms with E-state index in [-0.39, 0.29) is 55.4 Å². The summed E-state index contributed by atoms with van der Waals surface area (Å²) in [5.41, 5.74) is 3.24. The van der Waals surface area contributed by atoms with Gasteiger partial charge < -0.3 is 15.6 Å². The van der Waals surface area contributed by atoms with Crippen molar-refractivity contribution in [1.29, 1.82) is 5.26 Å². The maximum Gasteiger partial charge on any atom is 0.286 e. The molecule has 4 N–H and O–H groups in total. The zero-order valence-corrected chi connectivity index (χ0v) is 18.9. The van der Waals surface area contributed by atoms with Crippen LogP contribution in [0, 0.1) is 23.3 Å². The van der Waals surface area contributed by atoms with Gasteiger partial charge in [-0.25, -0.2) is 13.8 Å². The lowest BCUT2D eigenvalue weighted by atomic mass is 9.86. The van der Waals surface area contributed by atoms with Gasteiger partial charge in [0.05, 0.1) is 12.5 Å². The number of rotatable bonds is 7. The van der Waals surface area contributed by atoms with Gasteiger partial charge >= 0.3 is 0 Å². The van der Waals surface area contributed by atoms with E-state index in [0.717, 1.165) is 15.9 Å². The van der Waals surface area contributed by atoms with E-state index in [1.165, 1.54) is 6.08 Å². The molecule has 0 radical (unpaired) electrons. The fourth-order valence-corrected chi connectivity index (χ4v) is 4.36. The maximum absolute atomic E-state index is 13.6. The number of aromatic amines is 1. The fraction of sp³-hybridized carbons (Fsp3) is 0.417. The number of allylic oxidation sites excluding steroid dienone is 1. The maximum atomic E-state index is 13.6. The van der Waals surface area contributed by atoms with E-state index < -0.39 is 23.7 Å². The molecule has 2 heterocycles. The van der Waals surface area contributed by atoms with E-state index >= 15 is 0 Å². The molecule has 1 unspecified atom stereocenters. The van der Waals surface area contributed by atoms with Crippen molar-refractivity contribution in [3.05, 3.63) is 47.8 Å². The summed E-state index contributed by atoms with van der Waals surface area (Å²) in [6, 6.07) is 8.93. The first kappa shape index (κ1) is 24.2. The quantitative estimate of drug-likeness (QED) is 0.208. The van der Waals surface area contributed by atoms with Gasteiger partial charge in [-0.05, 0) is 37.3 Å². The summed E-state index contributed by atoms with van der Waals surface area (Å²) < 4.78 is 27.2. The Bertz CT molecular complexity index is 1160. The van der Waals surface area contributed by atoms with Gasteiger partial charge in [0, 0.05) is 30.3 Å². The van der Waals surface area contributed by atoms with Crippen molar-refractivity contribution < 1.29 is 23.2 Å². The molecule has 1 saturated heterocycles. The minimum absolute atomic E-state index is 0.0209. The monoisotopic (exact) mass is 484 g/mol. The van der Waals surface area contributed by atoms with Crippen LogP contribution in [-0.4, -0.2) is 46.7 Å². The molecule has 2 aliphatic rings. The topological polar surface area (TPSA) is 130 Å². The number of hydrazine groups is 1. The molecule has 1 aliphatic heterocycles. The number of aromatic nitrogens is 1. The van der Waals surface area contributed by atoms with Crippen molar-refractivity contribution in [1.82, 2.24) is 26.1 Å². The number of para-hydroxylation sites is 1. The number of alkyl halides is 2. The van der Waals surface area contributed by atoms with E-state index in [2.05, 4.69) is 21.0 Å². The fourth-order valence-electron chi connectivity index (χ4n) is 4.36. The normalized spacial score (nSPS) is 20.2. The predicted octanol–water partition coefficient (Wildman–Crippen LogP) is 2.56. The number of halogens is 2. The highest BCUT2D eigenvalue weighted by molar-refractivity contribution is 6.04. The molecule has 1 saturated carbocycles. The van der Waals surface area contributed by atoms with Crippen LogP contribution in [0.1, 0.15) is 42.6 Å². The Morgan fingerprint density at radius 1 is 1.23 bits per heavy atom. The Labute approximate surface area is 200 Å². The predicted molar refractivity (Wildman–Crippen MR) is 122 cm³/mol. The highest BCUT2D eigenvalue weighted by atomic mass is 19.3. The first-order chi connectivity index (χ1) is 16.7. The average Bonchev–Trinajstić information content (AvgIpc) is 3.45. The first-order valence-electron chi connectivity index (χ1n) is 11.5. The summed E-state index contributed by atoms with van der Waals surface area (Å²) in [5.74, 6) is -5.09. The Morgan fingerprint density at radius 2 is 1.97 bits per heavy atom. The van der Waals surface area contributed by atoms with E-state index in [9.17, 15) is 28.4 Å². The van der Waals surface area contributed by atoms with Gasteiger partial charge in [0.25, 0.3) is 11.8 Å². The Balaban J connectivity index is 1.51. The zero-order chi connectivity index (χ0) is 25.0. The molecule has 0 spiro atoms. The molecule has 3 amide bonds. The molecule has 0 bridgehead atoms. The highest BCUT2D eigenvalue weighted by Crippen LogP contribution is 2.37. The van der Waals surface area contributed by atoms with Crippen molar-refractivity contribution in [3.8, 4) is 6.19 Å². The summed E-state index contributed by atoms with van der Waals surface area (Å²) in [7, 11) is 0. The van der Waals surface area contributed by atoms with Crippen molar-refractivity contribution >= 4 is 28.6 Å².